The van der Waals surface area contributed by atoms with E-state index >= 15 is 0 Å². The number of rotatable bonds is 3. The molecule has 0 aromatic carbocycles. The van der Waals surface area contributed by atoms with E-state index < -0.39 is 12.8 Å². The molecule has 2 nitrogen and oxygen atoms in total. The van der Waals surface area contributed by atoms with Gasteiger partial charge in [0.2, 0.25) is 0 Å². The lowest BCUT2D eigenvalue weighted by molar-refractivity contribution is -0.153. The Hall–Kier alpha value is -1.26. The normalized spacial score (nSPS) is 11.4. The Morgan fingerprint density at radius 3 is 2.71 bits per heavy atom. The van der Waals surface area contributed by atoms with Crippen LogP contribution < -0.4 is 4.74 Å². The third-order valence-corrected chi connectivity index (χ3v) is 1.57. The molecule has 0 spiro atoms. The quantitative estimate of drug-likeness (QED) is 0.756. The van der Waals surface area contributed by atoms with Crippen molar-refractivity contribution in [3.8, 4) is 5.75 Å². The highest BCUT2D eigenvalue weighted by Crippen LogP contribution is 2.20. The van der Waals surface area contributed by atoms with Crippen LogP contribution in [-0.4, -0.2) is 17.8 Å². The van der Waals surface area contributed by atoms with Crippen LogP contribution in [0.5, 0.6) is 5.75 Å². The number of nitrogens with zero attached hydrogens (tertiary/aromatic N) is 1. The van der Waals surface area contributed by atoms with Crippen LogP contribution in [0.15, 0.2) is 18.3 Å². The van der Waals surface area contributed by atoms with Crippen LogP contribution in [-0.2, 0) is 6.42 Å². The Kier molecular flexibility index (Phi) is 3.33. The van der Waals surface area contributed by atoms with Crippen LogP contribution in [0.4, 0.5) is 13.2 Å². The first kappa shape index (κ1) is 10.8. The van der Waals surface area contributed by atoms with Crippen LogP contribution >= 0.6 is 0 Å². The first-order valence-electron chi connectivity index (χ1n) is 4.16. The van der Waals surface area contributed by atoms with Gasteiger partial charge in [0.15, 0.2) is 6.61 Å². The molecule has 1 aromatic heterocycles. The number of hydrogen-bond donors (Lipinski definition) is 0. The SMILES string of the molecule is CCc1ncccc1OCC(F)(F)F. The standard InChI is InChI=1S/C9H10F3NO/c1-2-7-8(4-3-5-13-7)14-6-9(10,11)12/h3-5H,2,6H2,1H3. The molecule has 0 bridgehead atoms. The van der Waals surface area contributed by atoms with Gasteiger partial charge in [-0.25, -0.2) is 0 Å². The molecule has 0 amide bonds. The molecule has 1 heterocycles. The molecule has 0 radical (unpaired) electrons. The fourth-order valence-electron chi connectivity index (χ4n) is 0.980. The zero-order valence-electron chi connectivity index (χ0n) is 7.64. The van der Waals surface area contributed by atoms with Crippen LogP contribution in [0, 0.1) is 0 Å². The maximum atomic E-state index is 11.8. The fourth-order valence-corrected chi connectivity index (χ4v) is 0.980. The molecular formula is C9H10F3NO. The largest absolute Gasteiger partial charge is 0.482 e. The van der Waals surface area contributed by atoms with Crippen molar-refractivity contribution in [3.63, 3.8) is 0 Å². The third-order valence-electron chi connectivity index (χ3n) is 1.57. The molecule has 0 aliphatic heterocycles. The van der Waals surface area contributed by atoms with Gasteiger partial charge in [-0.2, -0.15) is 13.2 Å². The first-order chi connectivity index (χ1) is 6.53. The minimum atomic E-state index is -4.30. The van der Waals surface area contributed by atoms with Crippen LogP contribution in [0.1, 0.15) is 12.6 Å². The molecule has 0 atom stereocenters. The number of ether oxygens (including phenoxy) is 1. The van der Waals surface area contributed by atoms with Crippen LogP contribution in [0.2, 0.25) is 0 Å². The van der Waals surface area contributed by atoms with Crippen molar-refractivity contribution in [2.75, 3.05) is 6.61 Å². The predicted molar refractivity (Wildman–Crippen MR) is 45.2 cm³/mol. The average Bonchev–Trinajstić information content (AvgIpc) is 2.14. The van der Waals surface area contributed by atoms with Crippen LogP contribution in [0.25, 0.3) is 0 Å². The molecule has 78 valence electrons. The van der Waals surface area contributed by atoms with Gasteiger partial charge in [0.25, 0.3) is 0 Å². The smallest absolute Gasteiger partial charge is 0.422 e. The van der Waals surface area contributed by atoms with Crippen molar-refractivity contribution in [1.29, 1.82) is 0 Å². The van der Waals surface area contributed by atoms with E-state index in [1.165, 1.54) is 12.3 Å². The summed E-state index contributed by atoms with van der Waals surface area (Å²) >= 11 is 0. The summed E-state index contributed by atoms with van der Waals surface area (Å²) in [5.41, 5.74) is 0.539. The summed E-state index contributed by atoms with van der Waals surface area (Å²) in [5.74, 6) is 0.201. The Balaban J connectivity index is 2.67. The number of alkyl halides is 3. The monoisotopic (exact) mass is 205 g/mol. The number of hydrogen-bond acceptors (Lipinski definition) is 2. The van der Waals surface area contributed by atoms with E-state index in [2.05, 4.69) is 9.72 Å². The van der Waals surface area contributed by atoms with Gasteiger partial charge in [0, 0.05) is 6.20 Å². The molecule has 1 rings (SSSR count). The number of aryl methyl sites for hydroxylation is 1. The summed E-state index contributed by atoms with van der Waals surface area (Å²) in [6, 6.07) is 3.03. The van der Waals surface area contributed by atoms with Crippen molar-refractivity contribution in [2.45, 2.75) is 19.5 Å². The Bertz CT molecular complexity index is 298. The second kappa shape index (κ2) is 4.30. The average molecular weight is 205 g/mol. The van der Waals surface area contributed by atoms with E-state index in [1.54, 1.807) is 6.07 Å². The van der Waals surface area contributed by atoms with Crippen molar-refractivity contribution < 1.29 is 17.9 Å². The van der Waals surface area contributed by atoms with Crippen molar-refractivity contribution in [2.24, 2.45) is 0 Å². The first-order valence-corrected chi connectivity index (χ1v) is 4.16. The zero-order valence-corrected chi connectivity index (χ0v) is 7.64. The third kappa shape index (κ3) is 3.24. The summed E-state index contributed by atoms with van der Waals surface area (Å²) in [5, 5.41) is 0. The second-order valence-corrected chi connectivity index (χ2v) is 2.71. The molecular weight excluding hydrogens is 195 g/mol. The zero-order chi connectivity index (χ0) is 10.6. The molecule has 0 fully saturated rings. The lowest BCUT2D eigenvalue weighted by atomic mass is 10.3. The molecule has 0 aliphatic rings. The predicted octanol–water partition coefficient (Wildman–Crippen LogP) is 2.59. The van der Waals surface area contributed by atoms with Gasteiger partial charge in [-0.1, -0.05) is 6.92 Å². The van der Waals surface area contributed by atoms with Gasteiger partial charge in [0.05, 0.1) is 5.69 Å². The molecule has 0 N–H and O–H groups in total. The molecule has 0 saturated carbocycles. The summed E-state index contributed by atoms with van der Waals surface area (Å²) in [6.45, 7) is 0.536. The minimum absolute atomic E-state index is 0.201. The highest BCUT2D eigenvalue weighted by Gasteiger charge is 2.28. The van der Waals surface area contributed by atoms with Gasteiger partial charge < -0.3 is 4.74 Å². The van der Waals surface area contributed by atoms with E-state index in [9.17, 15) is 13.2 Å². The Morgan fingerprint density at radius 1 is 1.43 bits per heavy atom. The van der Waals surface area contributed by atoms with E-state index in [0.717, 1.165) is 0 Å². The van der Waals surface area contributed by atoms with E-state index in [4.69, 9.17) is 0 Å². The van der Waals surface area contributed by atoms with Crippen molar-refractivity contribution >= 4 is 0 Å². The van der Waals surface area contributed by atoms with Crippen molar-refractivity contribution in [3.05, 3.63) is 24.0 Å². The fraction of sp³-hybridized carbons (Fsp3) is 0.444. The van der Waals surface area contributed by atoms with E-state index in [0.29, 0.717) is 12.1 Å². The topological polar surface area (TPSA) is 22.1 Å². The summed E-state index contributed by atoms with van der Waals surface area (Å²) in [7, 11) is 0. The van der Waals surface area contributed by atoms with Gasteiger partial charge in [0.1, 0.15) is 5.75 Å². The van der Waals surface area contributed by atoms with Crippen LogP contribution in [0.3, 0.4) is 0 Å². The van der Waals surface area contributed by atoms with Crippen molar-refractivity contribution in [1.82, 2.24) is 4.98 Å². The van der Waals surface area contributed by atoms with Gasteiger partial charge in [-0.3, -0.25) is 4.98 Å². The maximum Gasteiger partial charge on any atom is 0.422 e. The molecule has 0 saturated heterocycles. The van der Waals surface area contributed by atoms with Gasteiger partial charge >= 0.3 is 6.18 Å². The number of aromatic nitrogens is 1. The Labute approximate surface area is 79.7 Å². The number of pyridine rings is 1. The molecule has 1 aromatic rings. The van der Waals surface area contributed by atoms with E-state index in [-0.39, 0.29) is 5.75 Å². The van der Waals surface area contributed by atoms with E-state index in [1.807, 2.05) is 6.92 Å². The Morgan fingerprint density at radius 2 is 2.14 bits per heavy atom. The highest BCUT2D eigenvalue weighted by atomic mass is 19.4. The van der Waals surface area contributed by atoms with Gasteiger partial charge in [-0.05, 0) is 18.6 Å². The van der Waals surface area contributed by atoms with Gasteiger partial charge in [-0.15, -0.1) is 0 Å². The lowest BCUT2D eigenvalue weighted by Gasteiger charge is -2.10. The minimum Gasteiger partial charge on any atom is -0.482 e. The molecule has 0 unspecified atom stereocenters. The molecule has 0 aliphatic carbocycles. The highest BCUT2D eigenvalue weighted by molar-refractivity contribution is 5.26. The number of halogens is 3. The summed E-state index contributed by atoms with van der Waals surface area (Å²) in [4.78, 5) is 3.91. The maximum absolute atomic E-state index is 11.8. The summed E-state index contributed by atoms with van der Waals surface area (Å²) in [6.07, 6.45) is -2.23. The second-order valence-electron chi connectivity index (χ2n) is 2.71. The molecule has 14 heavy (non-hydrogen) atoms. The lowest BCUT2D eigenvalue weighted by Crippen LogP contribution is -2.19. The summed E-state index contributed by atoms with van der Waals surface area (Å²) < 4.78 is 40.1. The molecule has 5 heteroatoms.